The van der Waals surface area contributed by atoms with Crippen LogP contribution in [0.4, 0.5) is 0 Å². The Bertz CT molecular complexity index is 2820. The van der Waals surface area contributed by atoms with Gasteiger partial charge in [-0.05, 0) is 148 Å². The van der Waals surface area contributed by atoms with Crippen LogP contribution in [0.3, 0.4) is 0 Å². The van der Waals surface area contributed by atoms with E-state index in [1.807, 2.05) is 30.3 Å². The molecular formula is C54H42N4. The van der Waals surface area contributed by atoms with Crippen LogP contribution in [0.5, 0.6) is 0 Å². The number of rotatable bonds is 7. The van der Waals surface area contributed by atoms with Gasteiger partial charge in [-0.3, -0.25) is 0 Å². The van der Waals surface area contributed by atoms with Crippen LogP contribution < -0.4 is 0 Å². The van der Waals surface area contributed by atoms with Gasteiger partial charge in [-0.15, -0.1) is 0 Å². The molecule has 12 rings (SSSR count). The van der Waals surface area contributed by atoms with E-state index in [2.05, 4.69) is 140 Å². The second kappa shape index (κ2) is 14.0. The van der Waals surface area contributed by atoms with Crippen LogP contribution in [0.25, 0.3) is 78.3 Å². The molecule has 7 aromatic carbocycles. The van der Waals surface area contributed by atoms with Crippen molar-refractivity contribution in [3.05, 3.63) is 175 Å². The Morgan fingerprint density at radius 1 is 0.414 bits per heavy atom. The van der Waals surface area contributed by atoms with Gasteiger partial charge in [0.05, 0.1) is 11.6 Å². The topological polar surface area (TPSA) is 62.5 Å². The van der Waals surface area contributed by atoms with Gasteiger partial charge >= 0.3 is 0 Å². The van der Waals surface area contributed by atoms with Crippen molar-refractivity contribution in [1.82, 2.24) is 15.0 Å². The summed E-state index contributed by atoms with van der Waals surface area (Å²) >= 11 is 0. The zero-order valence-corrected chi connectivity index (χ0v) is 32.4. The molecule has 0 saturated heterocycles. The molecular weight excluding hydrogens is 705 g/mol. The fourth-order valence-corrected chi connectivity index (χ4v) is 10.9. The molecule has 278 valence electrons. The van der Waals surface area contributed by atoms with Gasteiger partial charge in [0, 0.05) is 16.7 Å². The number of aromatic nitrogens is 3. The molecule has 0 atom stereocenters. The van der Waals surface area contributed by atoms with E-state index in [9.17, 15) is 5.26 Å². The molecule has 0 amide bonds. The predicted molar refractivity (Wildman–Crippen MR) is 235 cm³/mol. The smallest absolute Gasteiger partial charge is 0.164 e. The Balaban J connectivity index is 1.05. The first kappa shape index (κ1) is 34.5. The third-order valence-electron chi connectivity index (χ3n) is 13.3. The zero-order chi connectivity index (χ0) is 38.6. The molecule has 58 heavy (non-hydrogen) atoms. The lowest BCUT2D eigenvalue weighted by Gasteiger charge is -2.57. The van der Waals surface area contributed by atoms with E-state index >= 15 is 0 Å². The Labute approximate surface area is 340 Å². The third-order valence-corrected chi connectivity index (χ3v) is 13.3. The van der Waals surface area contributed by atoms with Gasteiger partial charge in [-0.1, -0.05) is 127 Å². The lowest BCUT2D eigenvalue weighted by molar-refractivity contribution is -0.00518. The van der Waals surface area contributed by atoms with Crippen LogP contribution in [0.1, 0.15) is 49.7 Å². The number of hydrogen-bond donors (Lipinski definition) is 0. The molecule has 1 aromatic heterocycles. The largest absolute Gasteiger partial charge is 0.208 e. The Morgan fingerprint density at radius 2 is 0.914 bits per heavy atom. The quantitative estimate of drug-likeness (QED) is 0.163. The van der Waals surface area contributed by atoms with Crippen molar-refractivity contribution in [3.63, 3.8) is 0 Å². The maximum absolute atomic E-state index is 9.43. The summed E-state index contributed by atoms with van der Waals surface area (Å²) in [6.45, 7) is 0. The summed E-state index contributed by atoms with van der Waals surface area (Å²) in [5, 5.41) is 11.7. The van der Waals surface area contributed by atoms with Gasteiger partial charge in [-0.25, -0.2) is 15.0 Å². The van der Waals surface area contributed by atoms with Crippen molar-refractivity contribution < 1.29 is 0 Å². The molecule has 0 N–H and O–H groups in total. The molecule has 0 radical (unpaired) electrons. The zero-order valence-electron chi connectivity index (χ0n) is 32.4. The highest BCUT2D eigenvalue weighted by Crippen LogP contribution is 2.60. The van der Waals surface area contributed by atoms with E-state index in [0.29, 0.717) is 28.5 Å². The van der Waals surface area contributed by atoms with E-state index in [1.165, 1.54) is 60.6 Å². The molecule has 1 heterocycles. The van der Waals surface area contributed by atoms with Gasteiger partial charge in [0.25, 0.3) is 0 Å². The molecule has 4 bridgehead atoms. The molecule has 4 saturated carbocycles. The van der Waals surface area contributed by atoms with Gasteiger partial charge in [0.2, 0.25) is 0 Å². The minimum Gasteiger partial charge on any atom is -0.208 e. The number of nitrogens with zero attached hydrogens (tertiary/aromatic N) is 4. The molecule has 4 fully saturated rings. The summed E-state index contributed by atoms with van der Waals surface area (Å²) in [6.07, 6.45) is 8.34. The average Bonchev–Trinajstić information content (AvgIpc) is 3.28. The Morgan fingerprint density at radius 3 is 1.57 bits per heavy atom. The molecule has 4 aliphatic carbocycles. The Kier molecular flexibility index (Phi) is 8.36. The van der Waals surface area contributed by atoms with Crippen LogP contribution in [0, 0.1) is 29.1 Å². The fraction of sp³-hybridized carbons (Fsp3) is 0.185. The van der Waals surface area contributed by atoms with Crippen LogP contribution >= 0.6 is 0 Å². The van der Waals surface area contributed by atoms with Crippen molar-refractivity contribution in [3.8, 4) is 73.6 Å². The first-order valence-corrected chi connectivity index (χ1v) is 20.7. The monoisotopic (exact) mass is 746 g/mol. The first-order valence-electron chi connectivity index (χ1n) is 20.7. The van der Waals surface area contributed by atoms with Crippen LogP contribution in [0.15, 0.2) is 164 Å². The highest BCUT2D eigenvalue weighted by atomic mass is 15.0. The summed E-state index contributed by atoms with van der Waals surface area (Å²) in [5.74, 6) is 4.64. The molecule has 4 heteroatoms. The SMILES string of the molecule is N#Cc1ccc(-c2ccc(-c3nc(-c4ccc(C56CC7CC(CC(C7)C5)C6)cc4)nc(-c4ccc5ccc(-c6ccccc6)cc5c4)n3)c(-c3ccccc3)c2)cc1. The fourth-order valence-electron chi connectivity index (χ4n) is 10.9. The van der Waals surface area contributed by atoms with Crippen molar-refractivity contribution >= 4 is 10.8 Å². The first-order chi connectivity index (χ1) is 28.6. The molecule has 0 spiro atoms. The highest BCUT2D eigenvalue weighted by molar-refractivity contribution is 5.91. The minimum atomic E-state index is 0.327. The minimum absolute atomic E-state index is 0.327. The van der Waals surface area contributed by atoms with E-state index in [-0.39, 0.29) is 0 Å². The second-order valence-electron chi connectivity index (χ2n) is 17.0. The van der Waals surface area contributed by atoms with Crippen molar-refractivity contribution in [2.24, 2.45) is 17.8 Å². The second-order valence-corrected chi connectivity index (χ2v) is 17.0. The number of benzene rings is 7. The predicted octanol–water partition coefficient (Wildman–Crippen LogP) is 13.4. The van der Waals surface area contributed by atoms with E-state index < -0.39 is 0 Å². The third kappa shape index (κ3) is 6.28. The lowest BCUT2D eigenvalue weighted by atomic mass is 9.48. The average molecular weight is 747 g/mol. The summed E-state index contributed by atoms with van der Waals surface area (Å²) in [5.41, 5.74) is 11.9. The van der Waals surface area contributed by atoms with E-state index in [0.717, 1.165) is 62.1 Å². The van der Waals surface area contributed by atoms with Crippen molar-refractivity contribution in [2.45, 2.75) is 43.9 Å². The number of nitriles is 1. The van der Waals surface area contributed by atoms with Crippen LogP contribution in [-0.4, -0.2) is 15.0 Å². The van der Waals surface area contributed by atoms with Crippen molar-refractivity contribution in [2.75, 3.05) is 0 Å². The number of fused-ring (bicyclic) bond motifs is 1. The van der Waals surface area contributed by atoms with Gasteiger partial charge < -0.3 is 0 Å². The maximum atomic E-state index is 9.43. The van der Waals surface area contributed by atoms with Gasteiger partial charge in [-0.2, -0.15) is 5.26 Å². The van der Waals surface area contributed by atoms with Gasteiger partial charge in [0.15, 0.2) is 17.5 Å². The van der Waals surface area contributed by atoms with E-state index in [4.69, 9.17) is 15.0 Å². The van der Waals surface area contributed by atoms with Crippen LogP contribution in [0.2, 0.25) is 0 Å². The Hall–Kier alpha value is -6.70. The van der Waals surface area contributed by atoms with Crippen LogP contribution in [-0.2, 0) is 5.41 Å². The summed E-state index contributed by atoms with van der Waals surface area (Å²) < 4.78 is 0. The molecule has 4 aliphatic rings. The lowest BCUT2D eigenvalue weighted by Crippen LogP contribution is -2.48. The van der Waals surface area contributed by atoms with Gasteiger partial charge in [0.1, 0.15) is 0 Å². The summed E-state index contributed by atoms with van der Waals surface area (Å²) in [6, 6.07) is 59.9. The molecule has 0 aliphatic heterocycles. The molecule has 8 aromatic rings. The van der Waals surface area contributed by atoms with Crippen molar-refractivity contribution in [1.29, 1.82) is 5.26 Å². The summed E-state index contributed by atoms with van der Waals surface area (Å²) in [7, 11) is 0. The number of hydrogen-bond acceptors (Lipinski definition) is 4. The highest BCUT2D eigenvalue weighted by Gasteiger charge is 2.51. The van der Waals surface area contributed by atoms with E-state index in [1.54, 1.807) is 0 Å². The standard InChI is InChI=1S/C54H42N4/c55-34-35-11-13-40(14-12-35)45-21-24-49(50(30-45)42-9-5-2-6-10-42)53-57-51(43-19-22-48(23-20-43)54-31-36-25-37(32-54)27-38(26-36)33-54)56-52(58-53)46-18-16-41-15-17-44(28-47(41)29-46)39-7-3-1-4-8-39/h1-24,28-30,36-38H,25-27,31-33H2. The molecule has 4 nitrogen and oxygen atoms in total. The summed E-state index contributed by atoms with van der Waals surface area (Å²) in [4.78, 5) is 15.8. The molecule has 0 unspecified atom stereocenters. The maximum Gasteiger partial charge on any atom is 0.164 e. The normalized spacial score (nSPS) is 20.6.